The van der Waals surface area contributed by atoms with Crippen molar-refractivity contribution >= 4 is 11.6 Å². The van der Waals surface area contributed by atoms with Gasteiger partial charge in [0.25, 0.3) is 0 Å². The van der Waals surface area contributed by atoms with E-state index in [0.29, 0.717) is 27.8 Å². The molecule has 0 aromatic heterocycles. The highest BCUT2D eigenvalue weighted by Gasteiger charge is 2.31. The standard InChI is InChI=1S/C10H10F4.C9H10F2.C7H6ClF.C2H6/c1-6(2)8-4-3-7(5-9(8)11)10(12,13)14;1-6(2)8-4-3-7(10)5-9(8)11;1-5-2-3-6(8)4-7(5)9;1-2/h3-6H,1-2H3;3-6H,1-2H3;2-4H,1H3;1-2H3. The normalized spacial score (nSPS) is 10.6. The number of alkyl halides is 3. The molecule has 0 saturated carbocycles. The Bertz CT molecular complexity index is 1070. The fourth-order valence-electron chi connectivity index (χ4n) is 2.71. The Kier molecular flexibility index (Phi) is 14.4. The van der Waals surface area contributed by atoms with Gasteiger partial charge in [-0.3, -0.25) is 0 Å². The summed E-state index contributed by atoms with van der Waals surface area (Å²) < 4.78 is 87.3. The van der Waals surface area contributed by atoms with E-state index in [1.54, 1.807) is 32.9 Å². The van der Waals surface area contributed by atoms with E-state index in [4.69, 9.17) is 11.6 Å². The van der Waals surface area contributed by atoms with Crippen LogP contribution in [0.25, 0.3) is 0 Å². The van der Waals surface area contributed by atoms with Gasteiger partial charge in [0.15, 0.2) is 0 Å². The summed E-state index contributed by atoms with van der Waals surface area (Å²) in [4.78, 5) is 0. The molecule has 0 spiro atoms. The molecule has 0 nitrogen and oxygen atoms in total. The van der Waals surface area contributed by atoms with Crippen LogP contribution in [0.3, 0.4) is 0 Å². The second-order valence-electron chi connectivity index (χ2n) is 8.10. The molecule has 0 heterocycles. The van der Waals surface area contributed by atoms with Crippen molar-refractivity contribution in [1.82, 2.24) is 0 Å². The van der Waals surface area contributed by atoms with Crippen LogP contribution in [0, 0.1) is 30.2 Å². The highest BCUT2D eigenvalue weighted by Crippen LogP contribution is 2.31. The van der Waals surface area contributed by atoms with Crippen molar-refractivity contribution in [1.29, 1.82) is 0 Å². The van der Waals surface area contributed by atoms with E-state index in [1.807, 2.05) is 27.7 Å². The van der Waals surface area contributed by atoms with Gasteiger partial charge in [-0.25, -0.2) is 17.6 Å². The van der Waals surface area contributed by atoms with Crippen LogP contribution < -0.4 is 0 Å². The second kappa shape index (κ2) is 15.5. The first-order chi connectivity index (χ1) is 16.6. The second-order valence-corrected chi connectivity index (χ2v) is 8.54. The van der Waals surface area contributed by atoms with Gasteiger partial charge in [0.1, 0.15) is 23.3 Å². The maximum atomic E-state index is 13.1. The third-order valence-corrected chi connectivity index (χ3v) is 4.90. The van der Waals surface area contributed by atoms with Crippen LogP contribution in [-0.2, 0) is 6.18 Å². The van der Waals surface area contributed by atoms with Crippen LogP contribution in [0.1, 0.15) is 75.6 Å². The Labute approximate surface area is 214 Å². The quantitative estimate of drug-likeness (QED) is 0.286. The van der Waals surface area contributed by atoms with E-state index in [1.165, 1.54) is 24.3 Å². The monoisotopic (exact) mass is 536 g/mol. The van der Waals surface area contributed by atoms with Crippen molar-refractivity contribution < 1.29 is 30.7 Å². The Balaban J connectivity index is 0.000000504. The molecule has 3 aromatic carbocycles. The van der Waals surface area contributed by atoms with E-state index in [0.717, 1.165) is 12.1 Å². The minimum atomic E-state index is -4.48. The minimum absolute atomic E-state index is 0.107. The molecule has 8 heteroatoms. The summed E-state index contributed by atoms with van der Waals surface area (Å²) >= 11 is 5.48. The Hall–Kier alpha value is -2.54. The molecular weight excluding hydrogens is 505 g/mol. The first-order valence-corrected chi connectivity index (χ1v) is 11.7. The largest absolute Gasteiger partial charge is 0.416 e. The molecule has 3 rings (SSSR count). The van der Waals surface area contributed by atoms with Gasteiger partial charge in [-0.2, -0.15) is 13.2 Å². The fourth-order valence-corrected chi connectivity index (χ4v) is 2.87. The molecule has 0 aliphatic heterocycles. The van der Waals surface area contributed by atoms with Crippen molar-refractivity contribution in [2.45, 2.75) is 66.5 Å². The van der Waals surface area contributed by atoms with Gasteiger partial charge in [-0.1, -0.05) is 71.3 Å². The number of aryl methyl sites for hydroxylation is 1. The molecule has 0 amide bonds. The lowest BCUT2D eigenvalue weighted by molar-refractivity contribution is -0.137. The van der Waals surface area contributed by atoms with Gasteiger partial charge in [0, 0.05) is 11.1 Å². The molecule has 0 unspecified atom stereocenters. The molecule has 0 aliphatic carbocycles. The van der Waals surface area contributed by atoms with Gasteiger partial charge in [-0.15, -0.1) is 0 Å². The van der Waals surface area contributed by atoms with E-state index < -0.39 is 29.2 Å². The summed E-state index contributed by atoms with van der Waals surface area (Å²) in [5.41, 5.74) is 0.545. The lowest BCUT2D eigenvalue weighted by Gasteiger charge is -2.10. The summed E-state index contributed by atoms with van der Waals surface area (Å²) in [5, 5.41) is 0.443. The third kappa shape index (κ3) is 11.5. The zero-order valence-corrected chi connectivity index (χ0v) is 22.1. The summed E-state index contributed by atoms with van der Waals surface area (Å²) in [6.07, 6.45) is -4.48. The van der Waals surface area contributed by atoms with Gasteiger partial charge in [0.2, 0.25) is 0 Å². The van der Waals surface area contributed by atoms with Crippen molar-refractivity contribution in [2.24, 2.45) is 0 Å². The van der Waals surface area contributed by atoms with Crippen LogP contribution in [-0.4, -0.2) is 0 Å². The predicted molar refractivity (Wildman–Crippen MR) is 133 cm³/mol. The molecule has 0 radical (unpaired) electrons. The third-order valence-electron chi connectivity index (χ3n) is 4.67. The van der Waals surface area contributed by atoms with Gasteiger partial charge in [-0.05, 0) is 65.8 Å². The van der Waals surface area contributed by atoms with Crippen molar-refractivity contribution in [2.75, 3.05) is 0 Å². The summed E-state index contributed by atoms with van der Waals surface area (Å²) in [7, 11) is 0. The zero-order valence-electron chi connectivity index (χ0n) is 21.4. The van der Waals surface area contributed by atoms with E-state index in [9.17, 15) is 30.7 Å². The summed E-state index contributed by atoms with van der Waals surface area (Å²) in [5.74, 6) is -2.03. The molecule has 36 heavy (non-hydrogen) atoms. The van der Waals surface area contributed by atoms with E-state index >= 15 is 0 Å². The van der Waals surface area contributed by atoms with Crippen LogP contribution in [0.4, 0.5) is 30.7 Å². The first-order valence-electron chi connectivity index (χ1n) is 11.4. The van der Waals surface area contributed by atoms with Crippen LogP contribution >= 0.6 is 11.6 Å². The predicted octanol–water partition coefficient (Wildman–Crippen LogP) is 10.9. The van der Waals surface area contributed by atoms with Crippen molar-refractivity contribution in [3.63, 3.8) is 0 Å². The van der Waals surface area contributed by atoms with Crippen LogP contribution in [0.2, 0.25) is 5.02 Å². The molecule has 3 aromatic rings. The molecule has 0 N–H and O–H groups in total. The smallest absolute Gasteiger partial charge is 0.207 e. The van der Waals surface area contributed by atoms with Crippen molar-refractivity contribution in [3.05, 3.63) is 105 Å². The van der Waals surface area contributed by atoms with Gasteiger partial charge < -0.3 is 0 Å². The molecule has 0 fully saturated rings. The number of benzene rings is 3. The molecule has 0 bridgehead atoms. The SMILES string of the molecule is CC.CC(C)c1ccc(C(F)(F)F)cc1F.CC(C)c1ccc(F)cc1F.Cc1ccc(Cl)cc1F. The lowest BCUT2D eigenvalue weighted by atomic mass is 10.0. The molecular formula is C28H32ClF7. The van der Waals surface area contributed by atoms with Gasteiger partial charge >= 0.3 is 6.18 Å². The Morgan fingerprint density at radius 1 is 0.639 bits per heavy atom. The maximum absolute atomic E-state index is 13.1. The highest BCUT2D eigenvalue weighted by atomic mass is 35.5. The number of rotatable bonds is 2. The van der Waals surface area contributed by atoms with Crippen LogP contribution in [0.5, 0.6) is 0 Å². The fraction of sp³-hybridized carbons (Fsp3) is 0.357. The summed E-state index contributed by atoms with van der Waals surface area (Å²) in [6, 6.07) is 10.9. The highest BCUT2D eigenvalue weighted by molar-refractivity contribution is 6.30. The Morgan fingerprint density at radius 2 is 1.11 bits per heavy atom. The average molecular weight is 537 g/mol. The first kappa shape index (κ1) is 33.5. The van der Waals surface area contributed by atoms with Crippen LogP contribution in [0.15, 0.2) is 54.6 Å². The zero-order chi connectivity index (χ0) is 28.2. The molecule has 200 valence electrons. The molecule has 0 aliphatic rings. The van der Waals surface area contributed by atoms with Crippen molar-refractivity contribution in [3.8, 4) is 0 Å². The minimum Gasteiger partial charge on any atom is -0.207 e. The topological polar surface area (TPSA) is 0 Å². The van der Waals surface area contributed by atoms with Gasteiger partial charge in [0.05, 0.1) is 5.56 Å². The lowest BCUT2D eigenvalue weighted by Crippen LogP contribution is -2.06. The Morgan fingerprint density at radius 3 is 1.47 bits per heavy atom. The molecule has 0 atom stereocenters. The molecule has 0 saturated heterocycles. The maximum Gasteiger partial charge on any atom is 0.416 e. The summed E-state index contributed by atoms with van der Waals surface area (Å²) in [6.45, 7) is 12.9. The number of hydrogen-bond acceptors (Lipinski definition) is 0. The number of halogens is 8. The van der Waals surface area contributed by atoms with E-state index in [-0.39, 0.29) is 17.7 Å². The number of hydrogen-bond donors (Lipinski definition) is 0. The average Bonchev–Trinajstić information content (AvgIpc) is 2.77. The van der Waals surface area contributed by atoms with E-state index in [2.05, 4.69) is 0 Å².